The van der Waals surface area contributed by atoms with Gasteiger partial charge in [-0.15, -0.1) is 0 Å². The van der Waals surface area contributed by atoms with Crippen molar-refractivity contribution < 1.29 is 13.2 Å². The van der Waals surface area contributed by atoms with E-state index in [1.54, 1.807) is 0 Å². The monoisotopic (exact) mass is 314 g/mol. The van der Waals surface area contributed by atoms with Crippen LogP contribution in [0.4, 0.5) is 0 Å². The number of ether oxygens (including phenoxy) is 1. The van der Waals surface area contributed by atoms with Crippen LogP contribution in [0.2, 0.25) is 5.02 Å². The third-order valence-corrected chi connectivity index (χ3v) is 5.01. The van der Waals surface area contributed by atoms with Crippen LogP contribution in [0.15, 0.2) is 23.1 Å². The average Bonchev–Trinajstić information content (AvgIpc) is 2.46. The predicted octanol–water partition coefficient (Wildman–Crippen LogP) is 1.92. The molecule has 0 saturated carbocycles. The van der Waals surface area contributed by atoms with Gasteiger partial charge in [0.15, 0.2) is 0 Å². The molecule has 0 aliphatic carbocycles. The molecule has 1 heterocycles. The summed E-state index contributed by atoms with van der Waals surface area (Å²) >= 11 is 5.85. The van der Waals surface area contributed by atoms with Crippen LogP contribution in [-0.2, 0) is 14.8 Å². The van der Waals surface area contributed by atoms with Crippen LogP contribution < -0.4 is 4.72 Å². The molecule has 108 valence electrons. The summed E-state index contributed by atoms with van der Waals surface area (Å²) < 4.78 is 32.1. The Morgan fingerprint density at radius 2 is 2.10 bits per heavy atom. The molecule has 0 amide bonds. The topological polar surface area (TPSA) is 79.2 Å². The van der Waals surface area contributed by atoms with E-state index in [0.717, 1.165) is 12.8 Å². The molecule has 1 saturated heterocycles. The highest BCUT2D eigenvalue weighted by Gasteiger charge is 2.19. The Hall–Kier alpha value is -1.13. The molecule has 0 bridgehead atoms. The Balaban J connectivity index is 2.06. The van der Waals surface area contributed by atoms with Gasteiger partial charge in [0.25, 0.3) is 0 Å². The molecule has 0 atom stereocenters. The van der Waals surface area contributed by atoms with Crippen LogP contribution in [0.25, 0.3) is 0 Å². The van der Waals surface area contributed by atoms with Crippen LogP contribution in [0.3, 0.4) is 0 Å². The number of benzene rings is 1. The molecule has 0 spiro atoms. The van der Waals surface area contributed by atoms with E-state index in [1.807, 2.05) is 6.07 Å². The van der Waals surface area contributed by atoms with E-state index in [2.05, 4.69) is 4.72 Å². The highest BCUT2D eigenvalue weighted by molar-refractivity contribution is 7.89. The molecule has 0 unspecified atom stereocenters. The lowest BCUT2D eigenvalue weighted by atomic mass is 10.0. The van der Waals surface area contributed by atoms with Gasteiger partial charge in [0, 0.05) is 19.8 Å². The molecule has 2 rings (SSSR count). The Morgan fingerprint density at radius 1 is 1.40 bits per heavy atom. The highest BCUT2D eigenvalue weighted by Crippen LogP contribution is 2.21. The lowest BCUT2D eigenvalue weighted by Gasteiger charge is -2.22. The summed E-state index contributed by atoms with van der Waals surface area (Å²) in [7, 11) is -3.59. The van der Waals surface area contributed by atoms with Gasteiger partial charge in [0.2, 0.25) is 10.0 Å². The first-order valence-electron chi connectivity index (χ1n) is 6.30. The minimum atomic E-state index is -3.59. The summed E-state index contributed by atoms with van der Waals surface area (Å²) in [4.78, 5) is 0.0774. The second kappa shape index (κ2) is 6.55. The van der Waals surface area contributed by atoms with Crippen LogP contribution in [-0.4, -0.2) is 28.2 Å². The van der Waals surface area contributed by atoms with Crippen LogP contribution >= 0.6 is 11.6 Å². The number of hydrogen-bond acceptors (Lipinski definition) is 4. The van der Waals surface area contributed by atoms with Gasteiger partial charge in [-0.2, -0.15) is 5.26 Å². The van der Waals surface area contributed by atoms with E-state index < -0.39 is 10.0 Å². The SMILES string of the molecule is N#Cc1ccc(S(=O)(=O)NCC2CCOCC2)cc1Cl. The maximum atomic E-state index is 12.1. The van der Waals surface area contributed by atoms with Crippen molar-refractivity contribution >= 4 is 21.6 Å². The van der Waals surface area contributed by atoms with Crippen LogP contribution in [0, 0.1) is 17.2 Å². The maximum Gasteiger partial charge on any atom is 0.240 e. The van der Waals surface area contributed by atoms with E-state index in [1.165, 1.54) is 18.2 Å². The lowest BCUT2D eigenvalue weighted by Crippen LogP contribution is -2.32. The quantitative estimate of drug-likeness (QED) is 0.920. The minimum absolute atomic E-state index is 0.0774. The molecule has 5 nitrogen and oxygen atoms in total. The Morgan fingerprint density at radius 3 is 2.70 bits per heavy atom. The van der Waals surface area contributed by atoms with Crippen molar-refractivity contribution in [3.8, 4) is 6.07 Å². The third kappa shape index (κ3) is 3.70. The van der Waals surface area contributed by atoms with E-state index >= 15 is 0 Å². The lowest BCUT2D eigenvalue weighted by molar-refractivity contribution is 0.0678. The molecular formula is C13H15ClN2O3S. The van der Waals surface area contributed by atoms with Crippen LogP contribution in [0.1, 0.15) is 18.4 Å². The standard InChI is InChI=1S/C13H15ClN2O3S/c14-13-7-12(2-1-11(13)8-15)20(17,18)16-9-10-3-5-19-6-4-10/h1-2,7,10,16H,3-6,9H2. The van der Waals surface area contributed by atoms with Crippen molar-refractivity contribution in [3.05, 3.63) is 28.8 Å². The molecule has 1 N–H and O–H groups in total. The highest BCUT2D eigenvalue weighted by atomic mass is 35.5. The van der Waals surface area contributed by atoms with E-state index in [4.69, 9.17) is 21.6 Å². The predicted molar refractivity (Wildman–Crippen MR) is 74.9 cm³/mol. The zero-order chi connectivity index (χ0) is 14.6. The summed E-state index contributed by atoms with van der Waals surface area (Å²) in [5.41, 5.74) is 0.259. The van der Waals surface area contributed by atoms with Gasteiger partial charge in [0.1, 0.15) is 6.07 Å². The Kier molecular flexibility index (Phi) is 5.00. The first-order valence-corrected chi connectivity index (χ1v) is 8.16. The van der Waals surface area contributed by atoms with Gasteiger partial charge in [0.05, 0.1) is 15.5 Å². The van der Waals surface area contributed by atoms with Gasteiger partial charge in [-0.3, -0.25) is 0 Å². The van der Waals surface area contributed by atoms with E-state index in [0.29, 0.717) is 25.7 Å². The summed E-state index contributed by atoms with van der Waals surface area (Å²) in [6, 6.07) is 5.99. The first-order chi connectivity index (χ1) is 9.53. The number of sulfonamides is 1. The van der Waals surface area contributed by atoms with Crippen molar-refractivity contribution in [2.45, 2.75) is 17.7 Å². The van der Waals surface area contributed by atoms with Gasteiger partial charge < -0.3 is 4.74 Å². The maximum absolute atomic E-state index is 12.1. The molecule has 1 aromatic carbocycles. The first kappa shape index (κ1) is 15.3. The molecule has 1 aliphatic heterocycles. The summed E-state index contributed by atoms with van der Waals surface area (Å²) in [5.74, 6) is 0.298. The van der Waals surface area contributed by atoms with Gasteiger partial charge in [-0.25, -0.2) is 13.1 Å². The number of nitrogens with one attached hydrogen (secondary N) is 1. The molecule has 1 fully saturated rings. The zero-order valence-corrected chi connectivity index (χ0v) is 12.4. The van der Waals surface area contributed by atoms with Crippen molar-refractivity contribution in [3.63, 3.8) is 0 Å². The largest absolute Gasteiger partial charge is 0.381 e. The van der Waals surface area contributed by atoms with Crippen molar-refractivity contribution in [2.75, 3.05) is 19.8 Å². The summed E-state index contributed by atoms with van der Waals surface area (Å²) in [6.45, 7) is 1.74. The number of halogens is 1. The molecular weight excluding hydrogens is 300 g/mol. The number of nitrogens with zero attached hydrogens (tertiary/aromatic N) is 1. The van der Waals surface area contributed by atoms with Gasteiger partial charge in [-0.05, 0) is 37.0 Å². The van der Waals surface area contributed by atoms with Gasteiger partial charge >= 0.3 is 0 Å². The third-order valence-electron chi connectivity index (χ3n) is 3.27. The molecule has 0 radical (unpaired) electrons. The fourth-order valence-electron chi connectivity index (χ4n) is 2.02. The summed E-state index contributed by atoms with van der Waals surface area (Å²) in [6.07, 6.45) is 1.72. The summed E-state index contributed by atoms with van der Waals surface area (Å²) in [5, 5.41) is 8.91. The van der Waals surface area contributed by atoms with Crippen LogP contribution in [0.5, 0.6) is 0 Å². The van der Waals surface area contributed by atoms with Crippen molar-refractivity contribution in [2.24, 2.45) is 5.92 Å². The second-order valence-electron chi connectivity index (χ2n) is 4.66. The number of hydrogen-bond donors (Lipinski definition) is 1. The fraction of sp³-hybridized carbons (Fsp3) is 0.462. The van der Waals surface area contributed by atoms with Crippen molar-refractivity contribution in [1.29, 1.82) is 5.26 Å². The van der Waals surface area contributed by atoms with Gasteiger partial charge in [-0.1, -0.05) is 11.6 Å². The van der Waals surface area contributed by atoms with E-state index in [-0.39, 0.29) is 15.5 Å². The average molecular weight is 315 g/mol. The number of nitriles is 1. The smallest absolute Gasteiger partial charge is 0.240 e. The Bertz CT molecular complexity index is 619. The fourth-order valence-corrected chi connectivity index (χ4v) is 3.44. The second-order valence-corrected chi connectivity index (χ2v) is 6.84. The minimum Gasteiger partial charge on any atom is -0.381 e. The molecule has 1 aliphatic rings. The molecule has 0 aromatic heterocycles. The Labute approximate surface area is 123 Å². The number of rotatable bonds is 4. The van der Waals surface area contributed by atoms with Crippen molar-refractivity contribution in [1.82, 2.24) is 4.72 Å². The normalized spacial score (nSPS) is 16.8. The molecule has 7 heteroatoms. The van der Waals surface area contributed by atoms with E-state index in [9.17, 15) is 8.42 Å². The molecule has 1 aromatic rings. The molecule has 20 heavy (non-hydrogen) atoms. The zero-order valence-electron chi connectivity index (χ0n) is 10.8.